The van der Waals surface area contributed by atoms with E-state index in [1.54, 1.807) is 31.2 Å². The minimum absolute atomic E-state index is 0.0814. The predicted octanol–water partition coefficient (Wildman–Crippen LogP) is 3.48. The third-order valence-corrected chi connectivity index (χ3v) is 4.75. The molecule has 0 fully saturated rings. The van der Waals surface area contributed by atoms with Crippen LogP contribution in [0.4, 0.5) is 5.69 Å². The first kappa shape index (κ1) is 20.8. The summed E-state index contributed by atoms with van der Waals surface area (Å²) in [6.45, 7) is 1.69. The second-order valence-corrected chi connectivity index (χ2v) is 6.46. The van der Waals surface area contributed by atoms with Gasteiger partial charge in [-0.2, -0.15) is 0 Å². The molecule has 30 heavy (non-hydrogen) atoms. The maximum absolute atomic E-state index is 12.2. The van der Waals surface area contributed by atoms with E-state index < -0.39 is 11.0 Å². The zero-order valence-corrected chi connectivity index (χ0v) is 16.7. The van der Waals surface area contributed by atoms with Gasteiger partial charge in [0.2, 0.25) is 5.91 Å². The highest BCUT2D eigenvalue weighted by atomic mass is 16.6. The number of aromatic hydroxyl groups is 1. The molecule has 0 spiro atoms. The number of nitro benzene ring substituents is 1. The van der Waals surface area contributed by atoms with Crippen LogP contribution < -0.4 is 14.8 Å². The second-order valence-electron chi connectivity index (χ2n) is 6.46. The number of benzene rings is 2. The van der Waals surface area contributed by atoms with E-state index in [4.69, 9.17) is 9.47 Å². The summed E-state index contributed by atoms with van der Waals surface area (Å²) < 4.78 is 10.6. The van der Waals surface area contributed by atoms with E-state index in [0.717, 1.165) is 0 Å². The molecule has 1 atom stereocenters. The van der Waals surface area contributed by atoms with E-state index in [0.29, 0.717) is 17.1 Å². The lowest BCUT2D eigenvalue weighted by atomic mass is 9.94. The van der Waals surface area contributed by atoms with Crippen molar-refractivity contribution in [2.75, 3.05) is 14.2 Å². The Morgan fingerprint density at radius 2 is 1.97 bits per heavy atom. The number of phenolic OH excluding ortho intramolecular Hbond substituents is 1. The van der Waals surface area contributed by atoms with Gasteiger partial charge in [0.25, 0.3) is 5.69 Å². The van der Waals surface area contributed by atoms with Gasteiger partial charge in [-0.3, -0.25) is 19.9 Å². The quantitative estimate of drug-likeness (QED) is 0.450. The molecule has 1 heterocycles. The molecule has 9 heteroatoms. The topological polar surface area (TPSA) is 124 Å². The van der Waals surface area contributed by atoms with Crippen LogP contribution in [0, 0.1) is 10.1 Å². The Morgan fingerprint density at radius 3 is 2.60 bits per heavy atom. The molecule has 1 aromatic heterocycles. The van der Waals surface area contributed by atoms with Crippen LogP contribution in [0.1, 0.15) is 30.5 Å². The number of rotatable bonds is 7. The number of amides is 1. The molecule has 2 N–H and O–H groups in total. The van der Waals surface area contributed by atoms with Crippen molar-refractivity contribution in [2.24, 2.45) is 0 Å². The number of nitro groups is 1. The van der Waals surface area contributed by atoms with Crippen LogP contribution in [-0.4, -0.2) is 35.1 Å². The number of nitrogens with zero attached hydrogens (tertiary/aromatic N) is 2. The second kappa shape index (κ2) is 8.64. The molecule has 0 aliphatic rings. The van der Waals surface area contributed by atoms with Crippen molar-refractivity contribution in [1.29, 1.82) is 0 Å². The van der Waals surface area contributed by atoms with Crippen LogP contribution >= 0.6 is 0 Å². The van der Waals surface area contributed by atoms with Gasteiger partial charge in [-0.15, -0.1) is 0 Å². The summed E-state index contributed by atoms with van der Waals surface area (Å²) in [5.74, 6) is 0.362. The number of aromatic nitrogens is 1. The number of non-ortho nitro benzene ring substituents is 1. The Kier molecular flexibility index (Phi) is 6.01. The van der Waals surface area contributed by atoms with Crippen LogP contribution in [-0.2, 0) is 4.79 Å². The average molecular weight is 411 g/mol. The molecule has 0 saturated heterocycles. The maximum atomic E-state index is 12.2. The number of nitrogens with one attached hydrogen (secondary N) is 1. The minimum atomic E-state index is -0.873. The highest BCUT2D eigenvalue weighted by Gasteiger charge is 2.27. The molecule has 9 nitrogen and oxygen atoms in total. The fraction of sp³-hybridized carbons (Fsp3) is 0.238. The van der Waals surface area contributed by atoms with Crippen molar-refractivity contribution in [1.82, 2.24) is 10.3 Å². The number of phenols is 1. The smallest absolute Gasteiger partial charge is 0.279 e. The first-order chi connectivity index (χ1) is 14.4. The van der Waals surface area contributed by atoms with E-state index in [2.05, 4.69) is 10.3 Å². The fourth-order valence-corrected chi connectivity index (χ4v) is 3.24. The largest absolute Gasteiger partial charge is 0.505 e. The Balaban J connectivity index is 2.27. The molecule has 0 radical (unpaired) electrons. The zero-order valence-electron chi connectivity index (χ0n) is 16.7. The number of carbonyl (C=O) groups is 1. The van der Waals surface area contributed by atoms with Gasteiger partial charge < -0.3 is 19.9 Å². The van der Waals surface area contributed by atoms with E-state index in [9.17, 15) is 20.0 Å². The number of hydrogen-bond donors (Lipinski definition) is 2. The molecular weight excluding hydrogens is 390 g/mol. The third-order valence-electron chi connectivity index (χ3n) is 4.75. The monoisotopic (exact) mass is 411 g/mol. The Bertz CT molecular complexity index is 1120. The molecule has 0 saturated carbocycles. The SMILES string of the molecule is CCC(=O)NC(c1ccc(OC)c(OC)c1)c1cc([N+](=O)[O-])c2cccnc2c1O. The summed E-state index contributed by atoms with van der Waals surface area (Å²) >= 11 is 0. The summed E-state index contributed by atoms with van der Waals surface area (Å²) in [6, 6.07) is 8.45. The van der Waals surface area contributed by atoms with E-state index in [1.807, 2.05) is 0 Å². The molecule has 0 aliphatic carbocycles. The minimum Gasteiger partial charge on any atom is -0.505 e. The van der Waals surface area contributed by atoms with Crippen molar-refractivity contribution in [3.63, 3.8) is 0 Å². The molecule has 3 aromatic rings. The zero-order chi connectivity index (χ0) is 21.8. The Labute approximate surface area is 172 Å². The fourth-order valence-electron chi connectivity index (χ4n) is 3.24. The average Bonchev–Trinajstić information content (AvgIpc) is 2.77. The lowest BCUT2D eigenvalue weighted by Gasteiger charge is -2.22. The first-order valence-corrected chi connectivity index (χ1v) is 9.17. The van der Waals surface area contributed by atoms with Crippen molar-refractivity contribution in [2.45, 2.75) is 19.4 Å². The lowest BCUT2D eigenvalue weighted by Crippen LogP contribution is -2.28. The predicted molar refractivity (Wildman–Crippen MR) is 110 cm³/mol. The van der Waals surface area contributed by atoms with E-state index in [-0.39, 0.29) is 40.2 Å². The first-order valence-electron chi connectivity index (χ1n) is 9.17. The highest BCUT2D eigenvalue weighted by Crippen LogP contribution is 2.41. The third kappa shape index (κ3) is 3.82. The van der Waals surface area contributed by atoms with Crippen molar-refractivity contribution >= 4 is 22.5 Å². The standard InChI is InChI=1S/C21H21N3O6/c1-4-18(25)23-19(12-7-8-16(29-2)17(10-12)30-3)14-11-15(24(27)28)13-6-5-9-22-20(13)21(14)26/h5-11,19,26H,4H2,1-3H3,(H,23,25). The maximum Gasteiger partial charge on any atom is 0.279 e. The van der Waals surface area contributed by atoms with Crippen LogP contribution in [0.15, 0.2) is 42.6 Å². The van der Waals surface area contributed by atoms with Crippen LogP contribution in [0.3, 0.4) is 0 Å². The van der Waals surface area contributed by atoms with Crippen molar-refractivity contribution in [3.8, 4) is 17.2 Å². The van der Waals surface area contributed by atoms with E-state index >= 15 is 0 Å². The summed E-state index contributed by atoms with van der Waals surface area (Å²) in [5.41, 5.74) is 0.566. The lowest BCUT2D eigenvalue weighted by molar-refractivity contribution is -0.383. The molecule has 156 valence electrons. The van der Waals surface area contributed by atoms with Gasteiger partial charge in [0.15, 0.2) is 11.5 Å². The number of pyridine rings is 1. The number of methoxy groups -OCH3 is 2. The molecule has 3 rings (SSSR count). The number of carbonyl (C=O) groups excluding carboxylic acids is 1. The van der Waals surface area contributed by atoms with Gasteiger partial charge in [-0.1, -0.05) is 13.0 Å². The molecule has 1 amide bonds. The molecule has 0 aliphatic heterocycles. The van der Waals surface area contributed by atoms with Gasteiger partial charge in [0.05, 0.1) is 30.6 Å². The Morgan fingerprint density at radius 1 is 1.23 bits per heavy atom. The molecule has 1 unspecified atom stereocenters. The molecule has 2 aromatic carbocycles. The summed E-state index contributed by atoms with van der Waals surface area (Å²) in [5, 5.41) is 25.6. The summed E-state index contributed by atoms with van der Waals surface area (Å²) in [4.78, 5) is 27.5. The number of ether oxygens (including phenoxy) is 2. The van der Waals surface area contributed by atoms with Crippen LogP contribution in [0.25, 0.3) is 10.9 Å². The highest BCUT2D eigenvalue weighted by molar-refractivity contribution is 5.94. The Hall–Kier alpha value is -3.88. The van der Waals surface area contributed by atoms with Gasteiger partial charge in [0, 0.05) is 24.2 Å². The molecular formula is C21H21N3O6. The van der Waals surface area contributed by atoms with Crippen molar-refractivity contribution in [3.05, 3.63) is 63.8 Å². The van der Waals surface area contributed by atoms with Crippen LogP contribution in [0.5, 0.6) is 17.2 Å². The van der Waals surface area contributed by atoms with E-state index in [1.165, 1.54) is 32.5 Å². The normalized spacial score (nSPS) is 11.7. The van der Waals surface area contributed by atoms with Crippen molar-refractivity contribution < 1.29 is 24.3 Å². The van der Waals surface area contributed by atoms with Gasteiger partial charge >= 0.3 is 0 Å². The van der Waals surface area contributed by atoms with Gasteiger partial charge in [-0.05, 0) is 29.8 Å². The summed E-state index contributed by atoms with van der Waals surface area (Å²) in [6.07, 6.45) is 1.63. The van der Waals surface area contributed by atoms with Gasteiger partial charge in [0.1, 0.15) is 11.3 Å². The molecule has 0 bridgehead atoms. The van der Waals surface area contributed by atoms with Gasteiger partial charge in [-0.25, -0.2) is 0 Å². The number of hydrogen-bond acceptors (Lipinski definition) is 7. The number of fused-ring (bicyclic) bond motifs is 1. The van der Waals surface area contributed by atoms with Crippen LogP contribution in [0.2, 0.25) is 0 Å². The summed E-state index contributed by atoms with van der Waals surface area (Å²) in [7, 11) is 2.97.